The zero-order chi connectivity index (χ0) is 15.7. The first-order valence-electron chi connectivity index (χ1n) is 6.88. The van der Waals surface area contributed by atoms with Crippen molar-refractivity contribution in [3.05, 3.63) is 47.5 Å². The van der Waals surface area contributed by atoms with Crippen molar-refractivity contribution in [2.24, 2.45) is 7.05 Å². The second kappa shape index (κ2) is 5.81. The van der Waals surface area contributed by atoms with Gasteiger partial charge < -0.3 is 14.8 Å². The Labute approximate surface area is 132 Å². The number of aryl methyl sites for hydroxylation is 1. The fourth-order valence-electron chi connectivity index (χ4n) is 2.54. The largest absolute Gasteiger partial charge is 0.346 e. The summed E-state index contributed by atoms with van der Waals surface area (Å²) in [5, 5.41) is 3.39. The number of imidazole rings is 1. The van der Waals surface area contributed by atoms with Gasteiger partial charge in [-0.25, -0.2) is 4.98 Å². The molecule has 2 aromatic rings. The summed E-state index contributed by atoms with van der Waals surface area (Å²) in [6.07, 6.45) is 3.32. The number of nitrogens with one attached hydrogen (secondary N) is 1. The third kappa shape index (κ3) is 2.69. The van der Waals surface area contributed by atoms with Gasteiger partial charge in [0.1, 0.15) is 5.69 Å². The van der Waals surface area contributed by atoms with Crippen LogP contribution in [0.3, 0.4) is 0 Å². The predicted octanol–water partition coefficient (Wildman–Crippen LogP) is 1.61. The summed E-state index contributed by atoms with van der Waals surface area (Å²) in [5.41, 5.74) is 1.13. The number of anilines is 1. The highest BCUT2D eigenvalue weighted by Gasteiger charge is 2.32. The van der Waals surface area contributed by atoms with Crippen molar-refractivity contribution in [1.82, 2.24) is 14.9 Å². The average molecular weight is 319 g/mol. The molecular weight excluding hydrogens is 304 g/mol. The van der Waals surface area contributed by atoms with Crippen LogP contribution in [0.2, 0.25) is 5.02 Å². The van der Waals surface area contributed by atoms with E-state index in [-0.39, 0.29) is 24.3 Å². The molecule has 1 aromatic carbocycles. The van der Waals surface area contributed by atoms with Gasteiger partial charge in [0.15, 0.2) is 0 Å². The fourth-order valence-corrected chi connectivity index (χ4v) is 2.78. The minimum atomic E-state index is -0.244. The van der Waals surface area contributed by atoms with Crippen molar-refractivity contribution < 1.29 is 9.59 Å². The lowest BCUT2D eigenvalue weighted by atomic mass is 10.2. The normalized spacial score (nSPS) is 17.8. The monoisotopic (exact) mass is 318 g/mol. The number of hydrogen-bond donors (Lipinski definition) is 1. The lowest BCUT2D eigenvalue weighted by Gasteiger charge is -2.18. The summed E-state index contributed by atoms with van der Waals surface area (Å²) in [6.45, 7) is 0.409. The van der Waals surface area contributed by atoms with Gasteiger partial charge in [0.2, 0.25) is 5.91 Å². The topological polar surface area (TPSA) is 67.2 Å². The number of halogens is 1. The second-order valence-corrected chi connectivity index (χ2v) is 5.63. The van der Waals surface area contributed by atoms with Crippen molar-refractivity contribution in [1.29, 1.82) is 0 Å². The van der Waals surface area contributed by atoms with Crippen LogP contribution in [0.4, 0.5) is 5.69 Å². The highest BCUT2D eigenvalue weighted by molar-refractivity contribution is 6.33. The molecule has 22 heavy (non-hydrogen) atoms. The molecular formula is C15H15ClN4O2. The van der Waals surface area contributed by atoms with Crippen LogP contribution in [-0.2, 0) is 11.8 Å². The maximum atomic E-state index is 12.2. The van der Waals surface area contributed by atoms with Crippen molar-refractivity contribution in [2.45, 2.75) is 12.5 Å². The SMILES string of the molecule is Cn1cncc1C(=O)NC1CC(=O)N(c2ccccc2Cl)C1. The molecule has 2 heterocycles. The van der Waals surface area contributed by atoms with Crippen LogP contribution in [0.25, 0.3) is 0 Å². The van der Waals surface area contributed by atoms with Gasteiger partial charge in [-0.2, -0.15) is 0 Å². The van der Waals surface area contributed by atoms with Gasteiger partial charge in [0, 0.05) is 20.0 Å². The number of carbonyl (C=O) groups is 2. The molecule has 0 aliphatic carbocycles. The molecule has 1 aliphatic heterocycles. The summed E-state index contributed by atoms with van der Waals surface area (Å²) in [6, 6.07) is 6.94. The summed E-state index contributed by atoms with van der Waals surface area (Å²) in [7, 11) is 1.75. The second-order valence-electron chi connectivity index (χ2n) is 5.22. The lowest BCUT2D eigenvalue weighted by molar-refractivity contribution is -0.117. The van der Waals surface area contributed by atoms with E-state index in [1.807, 2.05) is 12.1 Å². The van der Waals surface area contributed by atoms with Gasteiger partial charge in [-0.3, -0.25) is 9.59 Å². The van der Waals surface area contributed by atoms with E-state index in [2.05, 4.69) is 10.3 Å². The Morgan fingerprint density at radius 3 is 2.86 bits per heavy atom. The molecule has 0 bridgehead atoms. The molecule has 1 N–H and O–H groups in total. The van der Waals surface area contributed by atoms with Crippen molar-refractivity contribution >= 4 is 29.1 Å². The van der Waals surface area contributed by atoms with Crippen LogP contribution in [0.15, 0.2) is 36.8 Å². The first-order valence-corrected chi connectivity index (χ1v) is 7.26. The predicted molar refractivity (Wildman–Crippen MR) is 82.9 cm³/mol. The van der Waals surface area contributed by atoms with Crippen LogP contribution in [0, 0.1) is 0 Å². The van der Waals surface area contributed by atoms with Crippen LogP contribution in [0.5, 0.6) is 0 Å². The standard InChI is InChI=1S/C15H15ClN4O2/c1-19-9-17-7-13(19)15(22)18-10-6-14(21)20(8-10)12-5-3-2-4-11(12)16/h2-5,7,9-10H,6,8H2,1H3,(H,18,22). The van der Waals surface area contributed by atoms with Crippen LogP contribution in [-0.4, -0.2) is 34.0 Å². The number of benzene rings is 1. The van der Waals surface area contributed by atoms with Crippen molar-refractivity contribution in [3.63, 3.8) is 0 Å². The van der Waals surface area contributed by atoms with E-state index in [1.165, 1.54) is 6.20 Å². The molecule has 0 spiro atoms. The quantitative estimate of drug-likeness (QED) is 0.935. The highest BCUT2D eigenvalue weighted by Crippen LogP contribution is 2.29. The third-order valence-electron chi connectivity index (χ3n) is 3.65. The molecule has 1 saturated heterocycles. The van der Waals surface area contributed by atoms with Gasteiger partial charge in [-0.05, 0) is 12.1 Å². The smallest absolute Gasteiger partial charge is 0.269 e. The maximum absolute atomic E-state index is 12.2. The Bertz CT molecular complexity index is 728. The van der Waals surface area contributed by atoms with Crippen molar-refractivity contribution in [3.8, 4) is 0 Å². The van der Waals surface area contributed by atoms with E-state index < -0.39 is 0 Å². The third-order valence-corrected chi connectivity index (χ3v) is 3.97. The van der Waals surface area contributed by atoms with E-state index in [0.717, 1.165) is 0 Å². The molecule has 1 unspecified atom stereocenters. The summed E-state index contributed by atoms with van der Waals surface area (Å²) in [4.78, 5) is 29.9. The summed E-state index contributed by atoms with van der Waals surface area (Å²) < 4.78 is 1.64. The molecule has 0 radical (unpaired) electrons. The van der Waals surface area contributed by atoms with Gasteiger partial charge in [-0.15, -0.1) is 0 Å². The molecule has 3 rings (SSSR count). The summed E-state index contributed by atoms with van der Waals surface area (Å²) >= 11 is 6.13. The average Bonchev–Trinajstić information content (AvgIpc) is 3.05. The molecule has 1 fully saturated rings. The van der Waals surface area contributed by atoms with Gasteiger partial charge in [0.05, 0.1) is 29.3 Å². The zero-order valence-corrected chi connectivity index (χ0v) is 12.7. The Hall–Kier alpha value is -2.34. The first-order chi connectivity index (χ1) is 10.6. The van der Waals surface area contributed by atoms with Gasteiger partial charge >= 0.3 is 0 Å². The van der Waals surface area contributed by atoms with Crippen LogP contribution >= 0.6 is 11.6 Å². The lowest BCUT2D eigenvalue weighted by Crippen LogP contribution is -2.37. The maximum Gasteiger partial charge on any atom is 0.269 e. The molecule has 6 nitrogen and oxygen atoms in total. The Morgan fingerprint density at radius 2 is 2.18 bits per heavy atom. The van der Waals surface area contributed by atoms with E-state index in [4.69, 9.17) is 11.6 Å². The molecule has 7 heteroatoms. The minimum absolute atomic E-state index is 0.0524. The Morgan fingerprint density at radius 1 is 1.41 bits per heavy atom. The Kier molecular flexibility index (Phi) is 3.85. The van der Waals surface area contributed by atoms with Gasteiger partial charge in [0.25, 0.3) is 5.91 Å². The number of carbonyl (C=O) groups excluding carboxylic acids is 2. The molecule has 1 atom stereocenters. The van der Waals surface area contributed by atoms with Crippen molar-refractivity contribution in [2.75, 3.05) is 11.4 Å². The zero-order valence-electron chi connectivity index (χ0n) is 12.0. The van der Waals surface area contributed by atoms with Gasteiger partial charge in [-0.1, -0.05) is 23.7 Å². The Balaban J connectivity index is 1.71. The molecule has 1 aromatic heterocycles. The molecule has 1 aliphatic rings. The van der Waals surface area contributed by atoms with E-state index in [9.17, 15) is 9.59 Å². The van der Waals surface area contributed by atoms with Crippen LogP contribution < -0.4 is 10.2 Å². The molecule has 2 amide bonds. The van der Waals surface area contributed by atoms with Crippen LogP contribution in [0.1, 0.15) is 16.9 Å². The number of rotatable bonds is 3. The number of para-hydroxylation sites is 1. The number of amides is 2. The fraction of sp³-hybridized carbons (Fsp3) is 0.267. The van der Waals surface area contributed by atoms with E-state index in [1.54, 1.807) is 35.0 Å². The summed E-state index contributed by atoms with van der Waals surface area (Å²) in [5.74, 6) is -0.290. The van der Waals surface area contributed by atoms with E-state index in [0.29, 0.717) is 22.9 Å². The number of nitrogens with zero attached hydrogens (tertiary/aromatic N) is 3. The molecule has 0 saturated carbocycles. The highest BCUT2D eigenvalue weighted by atomic mass is 35.5. The number of hydrogen-bond acceptors (Lipinski definition) is 3. The van der Waals surface area contributed by atoms with E-state index >= 15 is 0 Å². The minimum Gasteiger partial charge on any atom is -0.346 e. The molecule has 114 valence electrons. The first kappa shape index (κ1) is 14.6. The number of aromatic nitrogens is 2.